The predicted molar refractivity (Wildman–Crippen MR) is 83.2 cm³/mol. The average molecular weight is 305 g/mol. The molecule has 0 bridgehead atoms. The number of carbonyl (C=O) groups excluding carboxylic acids is 2. The Bertz CT molecular complexity index is 524. The first-order chi connectivity index (χ1) is 10.5. The number of likely N-dealkylation sites (N-methyl/N-ethyl adjacent to an activating group) is 1. The number of nitrogens with zero attached hydrogens (tertiary/aromatic N) is 4. The smallest absolute Gasteiger partial charge is 0.325 e. The van der Waals surface area contributed by atoms with E-state index >= 15 is 0 Å². The highest BCUT2D eigenvalue weighted by Gasteiger charge is 2.49. The molecule has 0 aliphatic carbocycles. The lowest BCUT2D eigenvalue weighted by Crippen LogP contribution is -2.64. The van der Waals surface area contributed by atoms with E-state index in [1.807, 2.05) is 4.90 Å². The molecule has 2 saturated heterocycles. The Kier molecular flexibility index (Phi) is 3.80. The summed E-state index contributed by atoms with van der Waals surface area (Å²) in [7, 11) is 1.68. The van der Waals surface area contributed by atoms with Gasteiger partial charge < -0.3 is 14.7 Å². The van der Waals surface area contributed by atoms with Crippen LogP contribution in [0.3, 0.4) is 0 Å². The quantitative estimate of drug-likeness (QED) is 0.752. The van der Waals surface area contributed by atoms with Crippen molar-refractivity contribution in [2.75, 3.05) is 26.7 Å². The van der Waals surface area contributed by atoms with Gasteiger partial charge in [-0.05, 0) is 18.8 Å². The van der Waals surface area contributed by atoms with Gasteiger partial charge in [-0.3, -0.25) is 10.1 Å². The third-order valence-corrected chi connectivity index (χ3v) is 4.73. The number of imide groups is 1. The first-order valence-electron chi connectivity index (χ1n) is 7.81. The Balaban J connectivity index is 1.88. The van der Waals surface area contributed by atoms with Gasteiger partial charge in [0.2, 0.25) is 0 Å². The Labute approximate surface area is 130 Å². The maximum Gasteiger partial charge on any atom is 0.325 e. The van der Waals surface area contributed by atoms with E-state index in [0.29, 0.717) is 6.54 Å². The molecule has 0 aromatic heterocycles. The molecular formula is C15H23N5O2. The summed E-state index contributed by atoms with van der Waals surface area (Å²) < 4.78 is 0. The third-order valence-electron chi connectivity index (χ3n) is 4.73. The molecule has 1 N–H and O–H groups in total. The van der Waals surface area contributed by atoms with Gasteiger partial charge in [-0.15, -0.1) is 6.58 Å². The van der Waals surface area contributed by atoms with Crippen molar-refractivity contribution in [2.24, 2.45) is 10.9 Å². The molecule has 22 heavy (non-hydrogen) atoms. The Morgan fingerprint density at radius 3 is 2.68 bits per heavy atom. The number of urea groups is 1. The number of aliphatic imine (C=N–C) groups is 1. The SMILES string of the molecule is C=CCN1C(N2CCC(C)CC2)=NC2C1C(=O)NC(=O)N2C. The summed E-state index contributed by atoms with van der Waals surface area (Å²) in [4.78, 5) is 34.5. The van der Waals surface area contributed by atoms with Crippen LogP contribution in [0.1, 0.15) is 19.8 Å². The predicted octanol–water partition coefficient (Wildman–Crippen LogP) is 0.452. The molecule has 7 nitrogen and oxygen atoms in total. The van der Waals surface area contributed by atoms with E-state index in [2.05, 4.69) is 23.7 Å². The van der Waals surface area contributed by atoms with Crippen molar-refractivity contribution in [1.29, 1.82) is 0 Å². The van der Waals surface area contributed by atoms with Gasteiger partial charge in [-0.1, -0.05) is 13.0 Å². The van der Waals surface area contributed by atoms with Gasteiger partial charge in [0.15, 0.2) is 18.2 Å². The number of piperidine rings is 1. The van der Waals surface area contributed by atoms with E-state index in [4.69, 9.17) is 4.99 Å². The molecule has 0 saturated carbocycles. The van der Waals surface area contributed by atoms with Crippen LogP contribution < -0.4 is 5.32 Å². The van der Waals surface area contributed by atoms with Crippen LogP contribution in [0.25, 0.3) is 0 Å². The molecule has 3 amide bonds. The topological polar surface area (TPSA) is 68.2 Å². The molecule has 0 aromatic carbocycles. The number of hydrogen-bond acceptors (Lipinski definition) is 5. The highest BCUT2D eigenvalue weighted by atomic mass is 16.2. The zero-order valence-corrected chi connectivity index (χ0v) is 13.2. The molecule has 2 fully saturated rings. The fourth-order valence-corrected chi connectivity index (χ4v) is 3.32. The summed E-state index contributed by atoms with van der Waals surface area (Å²) >= 11 is 0. The fourth-order valence-electron chi connectivity index (χ4n) is 3.32. The van der Waals surface area contributed by atoms with Crippen molar-refractivity contribution < 1.29 is 9.59 Å². The number of likely N-dealkylation sites (tertiary alicyclic amines) is 1. The number of carbonyl (C=O) groups is 2. The van der Waals surface area contributed by atoms with E-state index < -0.39 is 12.2 Å². The van der Waals surface area contributed by atoms with E-state index in [1.54, 1.807) is 13.1 Å². The molecule has 120 valence electrons. The third kappa shape index (κ3) is 2.34. The van der Waals surface area contributed by atoms with Crippen LogP contribution in [-0.2, 0) is 4.79 Å². The normalized spacial score (nSPS) is 29.4. The van der Waals surface area contributed by atoms with Gasteiger partial charge in [0.25, 0.3) is 5.91 Å². The number of nitrogens with one attached hydrogen (secondary N) is 1. The summed E-state index contributed by atoms with van der Waals surface area (Å²) in [6.07, 6.45) is 3.57. The van der Waals surface area contributed by atoms with Crippen molar-refractivity contribution in [3.05, 3.63) is 12.7 Å². The highest BCUT2D eigenvalue weighted by molar-refractivity contribution is 6.03. The zero-order chi connectivity index (χ0) is 15.9. The molecule has 2 unspecified atom stereocenters. The van der Waals surface area contributed by atoms with E-state index in [1.165, 1.54) is 4.90 Å². The lowest BCUT2D eigenvalue weighted by atomic mass is 9.99. The Morgan fingerprint density at radius 1 is 1.36 bits per heavy atom. The summed E-state index contributed by atoms with van der Waals surface area (Å²) in [5, 5.41) is 2.40. The molecule has 2 atom stereocenters. The van der Waals surface area contributed by atoms with Crippen molar-refractivity contribution in [3.63, 3.8) is 0 Å². The first kappa shape index (κ1) is 14.9. The molecule has 3 aliphatic heterocycles. The highest BCUT2D eigenvalue weighted by Crippen LogP contribution is 2.27. The average Bonchev–Trinajstić information content (AvgIpc) is 2.86. The van der Waals surface area contributed by atoms with Gasteiger partial charge >= 0.3 is 6.03 Å². The summed E-state index contributed by atoms with van der Waals surface area (Å²) in [6, 6.07) is -0.850. The zero-order valence-electron chi connectivity index (χ0n) is 13.2. The molecule has 7 heteroatoms. The molecular weight excluding hydrogens is 282 g/mol. The maximum atomic E-state index is 12.3. The molecule has 3 heterocycles. The second kappa shape index (κ2) is 5.62. The molecule has 0 radical (unpaired) electrons. The van der Waals surface area contributed by atoms with Crippen LogP contribution in [0, 0.1) is 5.92 Å². The van der Waals surface area contributed by atoms with Crippen LogP contribution in [-0.4, -0.2) is 71.5 Å². The lowest BCUT2D eigenvalue weighted by molar-refractivity contribution is -0.127. The van der Waals surface area contributed by atoms with Crippen LogP contribution in [0.5, 0.6) is 0 Å². The van der Waals surface area contributed by atoms with E-state index in [9.17, 15) is 9.59 Å². The van der Waals surface area contributed by atoms with E-state index in [-0.39, 0.29) is 11.9 Å². The molecule has 3 rings (SSSR count). The number of rotatable bonds is 2. The largest absolute Gasteiger partial charge is 0.343 e. The van der Waals surface area contributed by atoms with Crippen molar-refractivity contribution in [3.8, 4) is 0 Å². The first-order valence-corrected chi connectivity index (χ1v) is 7.81. The van der Waals surface area contributed by atoms with Crippen molar-refractivity contribution >= 4 is 17.9 Å². The van der Waals surface area contributed by atoms with Gasteiger partial charge in [0.05, 0.1) is 0 Å². The fraction of sp³-hybridized carbons (Fsp3) is 0.667. The summed E-state index contributed by atoms with van der Waals surface area (Å²) in [5.41, 5.74) is 0. The number of amides is 3. The van der Waals surface area contributed by atoms with Crippen LogP contribution in [0.4, 0.5) is 4.79 Å². The van der Waals surface area contributed by atoms with E-state index in [0.717, 1.165) is 37.8 Å². The maximum absolute atomic E-state index is 12.3. The monoisotopic (exact) mass is 305 g/mol. The van der Waals surface area contributed by atoms with Crippen LogP contribution >= 0.6 is 0 Å². The van der Waals surface area contributed by atoms with Gasteiger partial charge in [-0.2, -0.15) is 0 Å². The summed E-state index contributed by atoms with van der Waals surface area (Å²) in [6.45, 7) is 8.46. The minimum Gasteiger partial charge on any atom is -0.343 e. The second-order valence-corrected chi connectivity index (χ2v) is 6.30. The number of hydrogen-bond donors (Lipinski definition) is 1. The Hall–Kier alpha value is -2.05. The number of fused-ring (bicyclic) bond motifs is 1. The summed E-state index contributed by atoms with van der Waals surface area (Å²) in [5.74, 6) is 1.26. The van der Waals surface area contributed by atoms with Gasteiger partial charge in [0, 0.05) is 26.7 Å². The van der Waals surface area contributed by atoms with Gasteiger partial charge in [0.1, 0.15) is 0 Å². The minimum absolute atomic E-state index is 0.279. The molecule has 0 spiro atoms. The standard InChI is InChI=1S/C15H23N5O2/c1-4-7-20-11-12(18(3)15(22)17-13(11)21)16-14(20)19-8-5-10(2)6-9-19/h4,10-12H,1,5-9H2,2-3H3,(H,17,21,22). The minimum atomic E-state index is -0.463. The Morgan fingerprint density at radius 2 is 2.05 bits per heavy atom. The molecule has 3 aliphatic rings. The number of guanidine groups is 1. The van der Waals surface area contributed by atoms with Gasteiger partial charge in [-0.25, -0.2) is 9.79 Å². The molecule has 0 aromatic rings. The lowest BCUT2D eigenvalue weighted by Gasteiger charge is -2.38. The second-order valence-electron chi connectivity index (χ2n) is 6.30. The van der Waals surface area contributed by atoms with Crippen molar-refractivity contribution in [1.82, 2.24) is 20.0 Å². The van der Waals surface area contributed by atoms with Crippen molar-refractivity contribution in [2.45, 2.75) is 32.0 Å². The van der Waals surface area contributed by atoms with Crippen LogP contribution in [0.2, 0.25) is 0 Å². The van der Waals surface area contributed by atoms with Crippen LogP contribution in [0.15, 0.2) is 17.6 Å².